The second-order valence-electron chi connectivity index (χ2n) is 8.67. The van der Waals surface area contributed by atoms with Crippen molar-refractivity contribution in [3.8, 4) is 11.8 Å². The molecule has 2 aromatic rings. The highest BCUT2D eigenvalue weighted by molar-refractivity contribution is 6.05. The summed E-state index contributed by atoms with van der Waals surface area (Å²) in [5.74, 6) is -0.299. The van der Waals surface area contributed by atoms with Gasteiger partial charge in [0.1, 0.15) is 5.75 Å². The normalized spacial score (nSPS) is 16.8. The van der Waals surface area contributed by atoms with Crippen molar-refractivity contribution >= 4 is 11.6 Å². The maximum absolute atomic E-state index is 13.0. The topological polar surface area (TPSA) is 85.6 Å². The Morgan fingerprint density at radius 1 is 1.34 bits per heavy atom. The number of rotatable bonds is 7. The zero-order chi connectivity index (χ0) is 23.5. The van der Waals surface area contributed by atoms with Crippen molar-refractivity contribution in [2.75, 3.05) is 18.4 Å². The van der Waals surface area contributed by atoms with Gasteiger partial charge in [-0.3, -0.25) is 9.69 Å². The number of nitrogens with one attached hydrogen (secondary N) is 1. The van der Waals surface area contributed by atoms with Crippen molar-refractivity contribution in [2.24, 2.45) is 5.92 Å². The number of nitriles is 1. The van der Waals surface area contributed by atoms with Crippen molar-refractivity contribution in [2.45, 2.75) is 45.9 Å². The number of anilines is 1. The van der Waals surface area contributed by atoms with Crippen LogP contribution in [0.2, 0.25) is 0 Å². The standard InChI is InChI=1S/C24H27F2N3O3/c1-15-10-16(12-27)4-7-20(15)22(30)28-19-6-5-17(21(11-19)32-23(25)26)13-29-9-8-18(14-29)24(2,3)31/h4-7,10-11,18,23,31H,8-9,13-14H2,1-3H3,(H,28,30)/t18-/m1/s1. The van der Waals surface area contributed by atoms with Gasteiger partial charge in [0.25, 0.3) is 5.91 Å². The average Bonchev–Trinajstić information content (AvgIpc) is 3.18. The van der Waals surface area contributed by atoms with E-state index in [4.69, 9.17) is 10.00 Å². The third-order valence-corrected chi connectivity index (χ3v) is 5.81. The number of aliphatic hydroxyl groups is 1. The molecule has 1 amide bonds. The number of hydrogen-bond donors (Lipinski definition) is 2. The average molecular weight is 443 g/mol. The largest absolute Gasteiger partial charge is 0.434 e. The van der Waals surface area contributed by atoms with Crippen LogP contribution in [-0.2, 0) is 6.54 Å². The van der Waals surface area contributed by atoms with E-state index in [2.05, 4.69) is 10.2 Å². The second-order valence-corrected chi connectivity index (χ2v) is 8.67. The molecular weight excluding hydrogens is 416 g/mol. The van der Waals surface area contributed by atoms with E-state index in [1.807, 2.05) is 6.07 Å². The Kier molecular flexibility index (Phi) is 7.12. The van der Waals surface area contributed by atoms with Crippen LogP contribution >= 0.6 is 0 Å². The molecule has 1 aliphatic heterocycles. The molecule has 1 heterocycles. The number of carbonyl (C=O) groups excluding carboxylic acids is 1. The molecule has 0 aromatic heterocycles. The second kappa shape index (κ2) is 9.63. The number of nitrogens with zero attached hydrogens (tertiary/aromatic N) is 2. The zero-order valence-electron chi connectivity index (χ0n) is 18.4. The van der Waals surface area contributed by atoms with Crippen LogP contribution in [0.3, 0.4) is 0 Å². The number of hydrogen-bond acceptors (Lipinski definition) is 5. The first-order valence-corrected chi connectivity index (χ1v) is 10.4. The van der Waals surface area contributed by atoms with Crippen LogP contribution in [0.1, 0.15) is 47.3 Å². The van der Waals surface area contributed by atoms with Crippen LogP contribution in [0, 0.1) is 24.2 Å². The molecule has 0 bridgehead atoms. The van der Waals surface area contributed by atoms with Crippen molar-refractivity contribution in [1.82, 2.24) is 4.90 Å². The predicted molar refractivity (Wildman–Crippen MR) is 117 cm³/mol. The van der Waals surface area contributed by atoms with Crippen LogP contribution in [0.25, 0.3) is 0 Å². The Bertz CT molecular complexity index is 1030. The van der Waals surface area contributed by atoms with Gasteiger partial charge in [-0.2, -0.15) is 14.0 Å². The Morgan fingerprint density at radius 2 is 2.09 bits per heavy atom. The van der Waals surface area contributed by atoms with Gasteiger partial charge in [0.15, 0.2) is 0 Å². The van der Waals surface area contributed by atoms with Crippen LogP contribution in [0.15, 0.2) is 36.4 Å². The number of aryl methyl sites for hydroxylation is 1. The summed E-state index contributed by atoms with van der Waals surface area (Å²) in [6, 6.07) is 11.4. The van der Waals surface area contributed by atoms with Gasteiger partial charge in [0.05, 0.1) is 17.2 Å². The van der Waals surface area contributed by atoms with E-state index in [0.717, 1.165) is 13.0 Å². The quantitative estimate of drug-likeness (QED) is 0.666. The molecule has 8 heteroatoms. The van der Waals surface area contributed by atoms with Gasteiger partial charge < -0.3 is 15.2 Å². The van der Waals surface area contributed by atoms with E-state index in [1.54, 1.807) is 51.1 Å². The molecule has 3 rings (SSSR count). The minimum absolute atomic E-state index is 0.000981. The molecule has 6 nitrogen and oxygen atoms in total. The summed E-state index contributed by atoms with van der Waals surface area (Å²) < 4.78 is 30.8. The van der Waals surface area contributed by atoms with Crippen LogP contribution < -0.4 is 10.1 Å². The predicted octanol–water partition coefficient (Wildman–Crippen LogP) is 4.31. The van der Waals surface area contributed by atoms with Gasteiger partial charge in [-0.05, 0) is 63.6 Å². The molecule has 0 saturated carbocycles. The summed E-state index contributed by atoms with van der Waals surface area (Å²) >= 11 is 0. The van der Waals surface area contributed by atoms with Crippen LogP contribution in [0.5, 0.6) is 5.75 Å². The van der Waals surface area contributed by atoms with Crippen molar-refractivity contribution in [3.63, 3.8) is 0 Å². The van der Waals surface area contributed by atoms with E-state index in [9.17, 15) is 18.7 Å². The molecule has 1 atom stereocenters. The minimum atomic E-state index is -3.00. The van der Waals surface area contributed by atoms with Gasteiger partial charge in [0.2, 0.25) is 0 Å². The van der Waals surface area contributed by atoms with Crippen LogP contribution in [-0.4, -0.2) is 41.2 Å². The lowest BCUT2D eigenvalue weighted by Crippen LogP contribution is -2.33. The molecular formula is C24H27F2N3O3. The number of halogens is 2. The Morgan fingerprint density at radius 3 is 2.69 bits per heavy atom. The molecule has 0 spiro atoms. The van der Waals surface area contributed by atoms with E-state index in [-0.39, 0.29) is 11.7 Å². The van der Waals surface area contributed by atoms with Gasteiger partial charge in [-0.25, -0.2) is 0 Å². The third-order valence-electron chi connectivity index (χ3n) is 5.81. The SMILES string of the molecule is Cc1cc(C#N)ccc1C(=O)Nc1ccc(CN2CC[C@@H](C(C)(C)O)C2)c(OC(F)F)c1. The Labute approximate surface area is 186 Å². The van der Waals surface area contributed by atoms with E-state index in [0.29, 0.717) is 41.0 Å². The lowest BCUT2D eigenvalue weighted by atomic mass is 9.90. The van der Waals surface area contributed by atoms with Gasteiger partial charge in [0, 0.05) is 41.9 Å². The van der Waals surface area contributed by atoms with Gasteiger partial charge in [-0.15, -0.1) is 0 Å². The number of alkyl halides is 2. The smallest absolute Gasteiger partial charge is 0.387 e. The molecule has 1 fully saturated rings. The summed E-state index contributed by atoms with van der Waals surface area (Å²) in [7, 11) is 0. The number of amides is 1. The minimum Gasteiger partial charge on any atom is -0.434 e. The zero-order valence-corrected chi connectivity index (χ0v) is 18.4. The molecule has 170 valence electrons. The maximum atomic E-state index is 13.0. The molecule has 1 saturated heterocycles. The highest BCUT2D eigenvalue weighted by atomic mass is 19.3. The summed E-state index contributed by atoms with van der Waals surface area (Å²) in [6.07, 6.45) is 0.826. The van der Waals surface area contributed by atoms with Crippen molar-refractivity contribution < 1.29 is 23.4 Å². The summed E-state index contributed by atoms with van der Waals surface area (Å²) in [6.45, 7) is 4.09. The van der Waals surface area contributed by atoms with E-state index < -0.39 is 18.1 Å². The summed E-state index contributed by atoms with van der Waals surface area (Å²) in [5, 5.41) is 21.9. The number of ether oxygens (including phenoxy) is 1. The number of carbonyl (C=O) groups is 1. The lowest BCUT2D eigenvalue weighted by Gasteiger charge is -2.26. The fourth-order valence-corrected chi connectivity index (χ4v) is 3.95. The Balaban J connectivity index is 1.76. The van der Waals surface area contributed by atoms with E-state index in [1.165, 1.54) is 6.07 Å². The molecule has 32 heavy (non-hydrogen) atoms. The first-order chi connectivity index (χ1) is 15.1. The third kappa shape index (κ3) is 5.81. The fraction of sp³-hybridized carbons (Fsp3) is 0.417. The summed E-state index contributed by atoms with van der Waals surface area (Å²) in [4.78, 5) is 14.7. The molecule has 0 radical (unpaired) electrons. The molecule has 2 N–H and O–H groups in total. The first-order valence-electron chi connectivity index (χ1n) is 10.4. The number of likely N-dealkylation sites (tertiary alicyclic amines) is 1. The monoisotopic (exact) mass is 443 g/mol. The summed E-state index contributed by atoms with van der Waals surface area (Å²) in [5.41, 5.74) is 1.58. The van der Waals surface area contributed by atoms with Crippen LogP contribution in [0.4, 0.5) is 14.5 Å². The molecule has 0 unspecified atom stereocenters. The molecule has 2 aromatic carbocycles. The van der Waals surface area contributed by atoms with Gasteiger partial charge in [-0.1, -0.05) is 6.07 Å². The number of benzene rings is 2. The Hall–Kier alpha value is -3.02. The lowest BCUT2D eigenvalue weighted by molar-refractivity contribution is -0.0507. The fourth-order valence-electron chi connectivity index (χ4n) is 3.95. The molecule has 1 aliphatic rings. The van der Waals surface area contributed by atoms with E-state index >= 15 is 0 Å². The maximum Gasteiger partial charge on any atom is 0.387 e. The van der Waals surface area contributed by atoms with Crippen molar-refractivity contribution in [3.05, 3.63) is 58.7 Å². The highest BCUT2D eigenvalue weighted by Crippen LogP contribution is 2.31. The first kappa shape index (κ1) is 23.6. The highest BCUT2D eigenvalue weighted by Gasteiger charge is 2.33. The van der Waals surface area contributed by atoms with Crippen molar-refractivity contribution in [1.29, 1.82) is 5.26 Å². The molecule has 0 aliphatic carbocycles. The van der Waals surface area contributed by atoms with Gasteiger partial charge >= 0.3 is 6.61 Å².